The number of rotatable bonds is 5. The average Bonchev–Trinajstić information content (AvgIpc) is 3.29. The molecular weight excluding hydrogens is 350 g/mol. The number of carbonyl (C=O) groups excluding carboxylic acids is 3. The fourth-order valence-electron chi connectivity index (χ4n) is 4.51. The van der Waals surface area contributed by atoms with Crippen LogP contribution < -0.4 is 5.32 Å². The van der Waals surface area contributed by atoms with Gasteiger partial charge in [0.1, 0.15) is 0 Å². The maximum atomic E-state index is 12.6. The van der Waals surface area contributed by atoms with Crippen molar-refractivity contribution in [2.75, 3.05) is 11.9 Å². The number of likely N-dealkylation sites (tertiary alicyclic amines) is 1. The van der Waals surface area contributed by atoms with Crippen LogP contribution in [-0.4, -0.2) is 34.1 Å². The molecule has 0 radical (unpaired) electrons. The van der Waals surface area contributed by atoms with E-state index in [0.717, 1.165) is 6.42 Å². The molecule has 0 aromatic heterocycles. The number of hydrogen-bond donors (Lipinski definition) is 1. The Morgan fingerprint density at radius 3 is 2.41 bits per heavy atom. The molecule has 27 heavy (non-hydrogen) atoms. The van der Waals surface area contributed by atoms with Crippen molar-refractivity contribution in [2.45, 2.75) is 19.8 Å². The van der Waals surface area contributed by atoms with Gasteiger partial charge in [-0.2, -0.15) is 0 Å². The highest BCUT2D eigenvalue weighted by Gasteiger charge is 2.58. The molecule has 4 rings (SSSR count). The van der Waals surface area contributed by atoms with Crippen molar-refractivity contribution in [3.8, 4) is 0 Å². The van der Waals surface area contributed by atoms with E-state index in [4.69, 9.17) is 0 Å². The molecule has 1 N–H and O–H groups in total. The first kappa shape index (κ1) is 17.4. The second kappa shape index (κ2) is 6.29. The van der Waals surface area contributed by atoms with Gasteiger partial charge in [0.05, 0.1) is 16.8 Å². The number of non-ortho nitro benzene ring substituents is 1. The van der Waals surface area contributed by atoms with Gasteiger partial charge in [-0.25, -0.2) is 0 Å². The lowest BCUT2D eigenvalue weighted by atomic mass is 9.85. The number of amides is 3. The number of aryl methyl sites for hydroxylation is 1. The summed E-state index contributed by atoms with van der Waals surface area (Å²) in [5.41, 5.74) is 1.00. The molecule has 2 bridgehead atoms. The minimum Gasteiger partial charge on any atom is -0.326 e. The van der Waals surface area contributed by atoms with Crippen LogP contribution >= 0.6 is 0 Å². The van der Waals surface area contributed by atoms with Gasteiger partial charge in [-0.15, -0.1) is 0 Å². The van der Waals surface area contributed by atoms with Crippen molar-refractivity contribution in [2.24, 2.45) is 23.7 Å². The van der Waals surface area contributed by atoms with Crippen LogP contribution in [0.25, 0.3) is 0 Å². The first-order valence-corrected chi connectivity index (χ1v) is 8.95. The Bertz CT molecular complexity index is 863. The smallest absolute Gasteiger partial charge is 0.269 e. The lowest BCUT2D eigenvalue weighted by Gasteiger charge is -2.17. The molecule has 8 heteroatoms. The van der Waals surface area contributed by atoms with Crippen molar-refractivity contribution in [3.05, 3.63) is 46.0 Å². The first-order chi connectivity index (χ1) is 12.9. The summed E-state index contributed by atoms with van der Waals surface area (Å²) in [7, 11) is 0. The van der Waals surface area contributed by atoms with Crippen LogP contribution in [0.2, 0.25) is 0 Å². The third kappa shape index (κ3) is 2.81. The fourth-order valence-corrected chi connectivity index (χ4v) is 4.51. The summed E-state index contributed by atoms with van der Waals surface area (Å²) in [5, 5.41) is 13.5. The third-order valence-corrected chi connectivity index (χ3v) is 5.82. The molecule has 1 aromatic carbocycles. The van der Waals surface area contributed by atoms with E-state index < -0.39 is 4.92 Å². The maximum absolute atomic E-state index is 12.6. The van der Waals surface area contributed by atoms with Crippen molar-refractivity contribution in [1.82, 2.24) is 4.90 Å². The summed E-state index contributed by atoms with van der Waals surface area (Å²) in [6, 6.07) is 4.18. The number of allylic oxidation sites excluding steroid dienone is 2. The van der Waals surface area contributed by atoms with Gasteiger partial charge in [0.15, 0.2) is 0 Å². The van der Waals surface area contributed by atoms with Crippen LogP contribution in [0.5, 0.6) is 0 Å². The fraction of sp³-hybridized carbons (Fsp3) is 0.421. The van der Waals surface area contributed by atoms with Crippen molar-refractivity contribution in [3.63, 3.8) is 0 Å². The minimum absolute atomic E-state index is 0.00386. The van der Waals surface area contributed by atoms with Crippen LogP contribution in [0.4, 0.5) is 11.4 Å². The third-order valence-electron chi connectivity index (χ3n) is 5.82. The highest BCUT2D eigenvalue weighted by atomic mass is 16.6. The summed E-state index contributed by atoms with van der Waals surface area (Å²) in [6.07, 6.45) is 4.94. The molecule has 0 spiro atoms. The highest BCUT2D eigenvalue weighted by molar-refractivity contribution is 6.06. The molecule has 4 atom stereocenters. The zero-order chi connectivity index (χ0) is 19.3. The molecule has 140 valence electrons. The number of benzene rings is 1. The van der Waals surface area contributed by atoms with E-state index >= 15 is 0 Å². The molecule has 4 unspecified atom stereocenters. The number of carbonyl (C=O) groups is 3. The number of nitro groups is 1. The van der Waals surface area contributed by atoms with Gasteiger partial charge < -0.3 is 5.32 Å². The number of fused-ring (bicyclic) bond motifs is 5. The Morgan fingerprint density at radius 1 is 1.22 bits per heavy atom. The topological polar surface area (TPSA) is 110 Å². The van der Waals surface area contributed by atoms with Crippen molar-refractivity contribution >= 4 is 29.1 Å². The molecule has 2 aliphatic carbocycles. The van der Waals surface area contributed by atoms with Crippen LogP contribution in [0.3, 0.4) is 0 Å². The van der Waals surface area contributed by atoms with E-state index in [9.17, 15) is 24.5 Å². The summed E-state index contributed by atoms with van der Waals surface area (Å²) < 4.78 is 0. The Balaban J connectivity index is 1.37. The normalized spacial score (nSPS) is 28.0. The number of nitrogens with one attached hydrogen (secondary N) is 1. The second-order valence-electron chi connectivity index (χ2n) is 7.38. The largest absolute Gasteiger partial charge is 0.326 e. The van der Waals surface area contributed by atoms with Gasteiger partial charge in [-0.3, -0.25) is 29.4 Å². The molecule has 1 saturated carbocycles. The molecule has 3 amide bonds. The molecule has 2 fully saturated rings. The van der Waals surface area contributed by atoms with E-state index in [0.29, 0.717) is 11.3 Å². The molecule has 1 heterocycles. The van der Waals surface area contributed by atoms with Crippen LogP contribution in [0.15, 0.2) is 30.4 Å². The van der Waals surface area contributed by atoms with E-state index in [1.54, 1.807) is 6.92 Å². The van der Waals surface area contributed by atoms with Gasteiger partial charge in [-0.1, -0.05) is 12.2 Å². The summed E-state index contributed by atoms with van der Waals surface area (Å²) in [4.78, 5) is 48.9. The van der Waals surface area contributed by atoms with Gasteiger partial charge >= 0.3 is 0 Å². The van der Waals surface area contributed by atoms with Gasteiger partial charge in [0.25, 0.3) is 5.69 Å². The van der Waals surface area contributed by atoms with Crippen LogP contribution in [-0.2, 0) is 14.4 Å². The molecule has 8 nitrogen and oxygen atoms in total. The Labute approximate surface area is 155 Å². The van der Waals surface area contributed by atoms with Crippen LogP contribution in [0.1, 0.15) is 18.4 Å². The van der Waals surface area contributed by atoms with E-state index in [2.05, 4.69) is 5.32 Å². The molecule has 1 saturated heterocycles. The second-order valence-corrected chi connectivity index (χ2v) is 7.38. The predicted molar refractivity (Wildman–Crippen MR) is 95.5 cm³/mol. The molecule has 3 aliphatic rings. The number of anilines is 1. The number of imide groups is 1. The predicted octanol–water partition coefficient (Wildman–Crippen LogP) is 2.04. The lowest BCUT2D eigenvalue weighted by Crippen LogP contribution is -2.35. The SMILES string of the molecule is Cc1cc([N+](=O)[O-])ccc1NC(=O)CCN1C(=O)C2C3C=CC(C3)C2C1=O. The molecular formula is C19H19N3O5. The minimum atomic E-state index is -0.498. The molecule has 1 aromatic rings. The van der Waals surface area contributed by atoms with Gasteiger partial charge in [0.2, 0.25) is 17.7 Å². The summed E-state index contributed by atoms with van der Waals surface area (Å²) in [5.74, 6) is -0.885. The van der Waals surface area contributed by atoms with E-state index in [-0.39, 0.29) is 60.0 Å². The average molecular weight is 369 g/mol. The lowest BCUT2D eigenvalue weighted by molar-refractivity contribution is -0.384. The first-order valence-electron chi connectivity index (χ1n) is 8.95. The van der Waals surface area contributed by atoms with E-state index in [1.165, 1.54) is 23.1 Å². The number of nitro benzene ring substituents is 1. The zero-order valence-corrected chi connectivity index (χ0v) is 14.8. The maximum Gasteiger partial charge on any atom is 0.269 e. The Hall–Kier alpha value is -3.03. The monoisotopic (exact) mass is 369 g/mol. The van der Waals surface area contributed by atoms with Crippen LogP contribution in [0, 0.1) is 40.7 Å². The Kier molecular flexibility index (Phi) is 4.05. The van der Waals surface area contributed by atoms with E-state index in [1.807, 2.05) is 12.2 Å². The quantitative estimate of drug-likeness (QED) is 0.370. The number of hydrogen-bond acceptors (Lipinski definition) is 5. The summed E-state index contributed by atoms with van der Waals surface area (Å²) >= 11 is 0. The highest BCUT2D eigenvalue weighted by Crippen LogP contribution is 2.52. The van der Waals surface area contributed by atoms with Gasteiger partial charge in [0, 0.05) is 30.8 Å². The Morgan fingerprint density at radius 2 is 1.85 bits per heavy atom. The van der Waals surface area contributed by atoms with Crippen molar-refractivity contribution < 1.29 is 19.3 Å². The standard InChI is InChI=1S/C19H19N3O5/c1-10-8-13(22(26)27)4-5-14(10)20-15(23)6-7-21-18(24)16-11-2-3-12(9-11)17(16)19(21)25/h2-5,8,11-12,16-17H,6-7,9H2,1H3,(H,20,23). The van der Waals surface area contributed by atoms with Crippen molar-refractivity contribution in [1.29, 1.82) is 0 Å². The zero-order valence-electron chi connectivity index (χ0n) is 14.8. The van der Waals surface area contributed by atoms with Gasteiger partial charge in [-0.05, 0) is 36.8 Å². The molecule has 1 aliphatic heterocycles. The summed E-state index contributed by atoms with van der Waals surface area (Å²) in [6.45, 7) is 1.72. The number of nitrogens with zero attached hydrogens (tertiary/aromatic N) is 2.